The van der Waals surface area contributed by atoms with Gasteiger partial charge in [0.15, 0.2) is 0 Å². The van der Waals surface area contributed by atoms with Crippen LogP contribution in [-0.4, -0.2) is 23.9 Å². The Kier molecular flexibility index (Phi) is 4.59. The first-order valence-electron chi connectivity index (χ1n) is 5.72. The summed E-state index contributed by atoms with van der Waals surface area (Å²) in [5, 5.41) is 4.24. The van der Waals surface area contributed by atoms with Crippen LogP contribution in [0.15, 0.2) is 0 Å². The minimum absolute atomic E-state index is 0.293. The smallest absolute Gasteiger partial charge is 0.321 e. The van der Waals surface area contributed by atoms with Crippen LogP contribution < -0.4 is 10.6 Å². The summed E-state index contributed by atoms with van der Waals surface area (Å²) in [4.78, 5) is 22.5. The highest BCUT2D eigenvalue weighted by molar-refractivity contribution is 6.31. The van der Waals surface area contributed by atoms with Gasteiger partial charge in [-0.25, -0.2) is 4.79 Å². The van der Waals surface area contributed by atoms with Crippen molar-refractivity contribution in [3.05, 3.63) is 0 Å². The summed E-state index contributed by atoms with van der Waals surface area (Å²) in [5.41, 5.74) is 0.293. The molecule has 16 heavy (non-hydrogen) atoms. The molecule has 1 unspecified atom stereocenters. The second-order valence-electron chi connectivity index (χ2n) is 4.54. The Balaban J connectivity index is 2.23. The predicted octanol–water partition coefficient (Wildman–Crippen LogP) is 2.02. The minimum Gasteiger partial charge on any atom is -0.337 e. The molecule has 1 saturated carbocycles. The fourth-order valence-corrected chi connectivity index (χ4v) is 1.80. The van der Waals surface area contributed by atoms with Gasteiger partial charge in [-0.3, -0.25) is 10.1 Å². The molecule has 1 rings (SSSR count). The minimum atomic E-state index is -0.684. The molecule has 1 atom stereocenters. The molecule has 0 heterocycles. The third-order valence-corrected chi connectivity index (χ3v) is 3.16. The van der Waals surface area contributed by atoms with Crippen molar-refractivity contribution >= 4 is 23.5 Å². The van der Waals surface area contributed by atoms with Gasteiger partial charge in [0.05, 0.1) is 0 Å². The molecule has 0 saturated heterocycles. The Hall–Kier alpha value is -0.770. The van der Waals surface area contributed by atoms with Crippen LogP contribution in [-0.2, 0) is 4.79 Å². The zero-order chi connectivity index (χ0) is 12.2. The number of amides is 3. The van der Waals surface area contributed by atoms with E-state index in [4.69, 9.17) is 11.6 Å². The van der Waals surface area contributed by atoms with E-state index in [1.165, 1.54) is 19.8 Å². The summed E-state index contributed by atoms with van der Waals surface area (Å²) in [5.74, 6) is -0.459. The summed E-state index contributed by atoms with van der Waals surface area (Å²) in [6.07, 6.45) is 4.59. The van der Waals surface area contributed by atoms with Crippen molar-refractivity contribution in [1.82, 2.24) is 10.6 Å². The number of urea groups is 1. The van der Waals surface area contributed by atoms with Crippen LogP contribution in [0.3, 0.4) is 0 Å². The number of carbonyl (C=O) groups excluding carboxylic acids is 2. The first-order valence-corrected chi connectivity index (χ1v) is 6.15. The number of rotatable bonds is 5. The van der Waals surface area contributed by atoms with Crippen LogP contribution >= 0.6 is 11.6 Å². The van der Waals surface area contributed by atoms with E-state index in [0.717, 1.165) is 12.8 Å². The molecule has 0 spiro atoms. The molecule has 0 aliphatic heterocycles. The molecule has 1 fully saturated rings. The average molecular weight is 247 g/mol. The number of alkyl halides is 1. The fraction of sp³-hybridized carbons (Fsp3) is 0.818. The largest absolute Gasteiger partial charge is 0.337 e. The molecule has 0 radical (unpaired) electrons. The molecule has 1 aliphatic rings. The SMILES string of the molecule is CCCC1(CNC(=O)NC(=O)C(C)Cl)CC1. The van der Waals surface area contributed by atoms with Crippen molar-refractivity contribution in [1.29, 1.82) is 0 Å². The van der Waals surface area contributed by atoms with Crippen molar-refractivity contribution in [2.24, 2.45) is 5.41 Å². The van der Waals surface area contributed by atoms with Crippen LogP contribution in [0.5, 0.6) is 0 Å². The maximum atomic E-state index is 11.3. The van der Waals surface area contributed by atoms with E-state index in [2.05, 4.69) is 17.6 Å². The van der Waals surface area contributed by atoms with E-state index in [9.17, 15) is 9.59 Å². The maximum Gasteiger partial charge on any atom is 0.321 e. The molecule has 1 aliphatic carbocycles. The highest BCUT2D eigenvalue weighted by Gasteiger charge is 2.41. The van der Waals surface area contributed by atoms with E-state index >= 15 is 0 Å². The van der Waals surface area contributed by atoms with Gasteiger partial charge in [0.25, 0.3) is 0 Å². The van der Waals surface area contributed by atoms with E-state index in [1.807, 2.05) is 0 Å². The molecule has 0 bridgehead atoms. The van der Waals surface area contributed by atoms with Gasteiger partial charge < -0.3 is 5.32 Å². The molecule has 0 aromatic heterocycles. The Morgan fingerprint density at radius 1 is 1.44 bits per heavy atom. The topological polar surface area (TPSA) is 58.2 Å². The fourth-order valence-electron chi connectivity index (χ4n) is 1.75. The van der Waals surface area contributed by atoms with Gasteiger partial charge in [-0.05, 0) is 31.6 Å². The van der Waals surface area contributed by atoms with Gasteiger partial charge in [0.2, 0.25) is 5.91 Å². The predicted molar refractivity (Wildman–Crippen MR) is 63.4 cm³/mol. The van der Waals surface area contributed by atoms with E-state index in [-0.39, 0.29) is 0 Å². The number of halogens is 1. The quantitative estimate of drug-likeness (QED) is 0.730. The van der Waals surface area contributed by atoms with Crippen molar-refractivity contribution < 1.29 is 9.59 Å². The molecule has 92 valence electrons. The van der Waals surface area contributed by atoms with Gasteiger partial charge in [0.1, 0.15) is 5.38 Å². The lowest BCUT2D eigenvalue weighted by atomic mass is 10.0. The van der Waals surface area contributed by atoms with Crippen molar-refractivity contribution in [2.45, 2.75) is 44.9 Å². The van der Waals surface area contributed by atoms with Gasteiger partial charge >= 0.3 is 6.03 Å². The monoisotopic (exact) mass is 246 g/mol. The second-order valence-corrected chi connectivity index (χ2v) is 5.19. The lowest BCUT2D eigenvalue weighted by Crippen LogP contribution is -2.44. The molecule has 0 aromatic carbocycles. The third-order valence-electron chi connectivity index (χ3n) is 2.96. The Morgan fingerprint density at radius 3 is 2.50 bits per heavy atom. The van der Waals surface area contributed by atoms with Gasteiger partial charge in [-0.15, -0.1) is 11.6 Å². The number of hydrogen-bond acceptors (Lipinski definition) is 2. The van der Waals surface area contributed by atoms with Crippen LogP contribution in [0.1, 0.15) is 39.5 Å². The molecule has 3 amide bonds. The van der Waals surface area contributed by atoms with E-state index < -0.39 is 17.3 Å². The van der Waals surface area contributed by atoms with Crippen molar-refractivity contribution in [2.75, 3.05) is 6.54 Å². The normalized spacial score (nSPS) is 18.7. The van der Waals surface area contributed by atoms with Gasteiger partial charge in [-0.1, -0.05) is 13.3 Å². The maximum absolute atomic E-state index is 11.3. The second kappa shape index (κ2) is 5.53. The molecular formula is C11H19ClN2O2. The standard InChI is InChI=1S/C11H19ClN2O2/c1-3-4-11(5-6-11)7-13-10(16)14-9(15)8(2)12/h8H,3-7H2,1-2H3,(H2,13,14,15,16). The Morgan fingerprint density at radius 2 is 2.06 bits per heavy atom. The van der Waals surface area contributed by atoms with Crippen molar-refractivity contribution in [3.8, 4) is 0 Å². The number of nitrogens with one attached hydrogen (secondary N) is 2. The number of hydrogen-bond donors (Lipinski definition) is 2. The molecular weight excluding hydrogens is 228 g/mol. The Bertz CT molecular complexity index is 275. The van der Waals surface area contributed by atoms with Crippen molar-refractivity contribution in [3.63, 3.8) is 0 Å². The molecule has 0 aromatic rings. The van der Waals surface area contributed by atoms with E-state index in [1.54, 1.807) is 0 Å². The Labute approximate surface area is 101 Å². The number of imide groups is 1. The van der Waals surface area contributed by atoms with Crippen LogP contribution in [0.4, 0.5) is 4.79 Å². The van der Waals surface area contributed by atoms with Crippen LogP contribution in [0.25, 0.3) is 0 Å². The summed E-state index contributed by atoms with van der Waals surface area (Å²) >= 11 is 5.53. The summed E-state index contributed by atoms with van der Waals surface area (Å²) < 4.78 is 0. The van der Waals surface area contributed by atoms with Gasteiger partial charge in [-0.2, -0.15) is 0 Å². The first kappa shape index (κ1) is 13.3. The molecule has 4 nitrogen and oxygen atoms in total. The summed E-state index contributed by atoms with van der Waals surface area (Å²) in [6, 6.07) is -0.445. The number of carbonyl (C=O) groups is 2. The zero-order valence-corrected chi connectivity index (χ0v) is 10.6. The summed E-state index contributed by atoms with van der Waals surface area (Å²) in [7, 11) is 0. The van der Waals surface area contributed by atoms with Crippen LogP contribution in [0.2, 0.25) is 0 Å². The van der Waals surface area contributed by atoms with Crippen LogP contribution in [0, 0.1) is 5.41 Å². The lowest BCUT2D eigenvalue weighted by molar-refractivity contribution is -0.119. The zero-order valence-electron chi connectivity index (χ0n) is 9.81. The lowest BCUT2D eigenvalue weighted by Gasteiger charge is -2.15. The molecule has 2 N–H and O–H groups in total. The first-order chi connectivity index (χ1) is 7.49. The van der Waals surface area contributed by atoms with Gasteiger partial charge in [0, 0.05) is 6.54 Å². The highest BCUT2D eigenvalue weighted by atomic mass is 35.5. The molecule has 5 heteroatoms. The third kappa shape index (κ3) is 4.00. The average Bonchev–Trinajstić information content (AvgIpc) is 2.96. The van der Waals surface area contributed by atoms with E-state index in [0.29, 0.717) is 12.0 Å². The highest BCUT2D eigenvalue weighted by Crippen LogP contribution is 2.48. The summed E-state index contributed by atoms with van der Waals surface area (Å²) in [6.45, 7) is 4.32.